The van der Waals surface area contributed by atoms with Crippen LogP contribution in [0.25, 0.3) is 0 Å². The van der Waals surface area contributed by atoms with Crippen LogP contribution in [0.4, 0.5) is 17.6 Å². The van der Waals surface area contributed by atoms with E-state index in [1.54, 1.807) is 0 Å². The lowest BCUT2D eigenvalue weighted by molar-refractivity contribution is -0.232. The van der Waals surface area contributed by atoms with Gasteiger partial charge >= 0.3 is 17.5 Å². The lowest BCUT2D eigenvalue weighted by Gasteiger charge is -2.14. The molecule has 2 nitrogen and oxygen atoms in total. The monoisotopic (exact) mass is 228 g/mol. The predicted octanol–water partition coefficient (Wildman–Crippen LogP) is 2.19. The summed E-state index contributed by atoms with van der Waals surface area (Å²) in [4.78, 5) is 10.00. The second-order valence-corrected chi connectivity index (χ2v) is 2.40. The Labute approximate surface area is 74.4 Å². The molecule has 0 N–H and O–H groups in total. The third kappa shape index (κ3) is 3.96. The van der Waals surface area contributed by atoms with Crippen molar-refractivity contribution >= 4 is 29.2 Å². The van der Waals surface area contributed by atoms with Gasteiger partial charge in [-0.1, -0.05) is 0 Å². The fraction of sp³-hybridized carbons (Fsp3) is 0.750. The maximum atomic E-state index is 12.0. The van der Waals surface area contributed by atoms with Crippen LogP contribution >= 0.6 is 23.2 Å². The summed E-state index contributed by atoms with van der Waals surface area (Å²) in [6.45, 7) is 0. The van der Waals surface area contributed by atoms with Gasteiger partial charge in [0.05, 0.1) is 0 Å². The maximum Gasteiger partial charge on any atom is 0.418 e. The van der Waals surface area contributed by atoms with Crippen molar-refractivity contribution in [2.45, 2.75) is 11.5 Å². The molecule has 0 saturated carbocycles. The Bertz CT molecular complexity index is 178. The minimum atomic E-state index is -4.46. The molecule has 0 aliphatic heterocycles. The zero-order valence-electron chi connectivity index (χ0n) is 5.29. The van der Waals surface area contributed by atoms with E-state index in [2.05, 4.69) is 27.9 Å². The summed E-state index contributed by atoms with van der Waals surface area (Å²) in [5.41, 5.74) is 0. The zero-order valence-corrected chi connectivity index (χ0v) is 6.80. The van der Waals surface area contributed by atoms with Gasteiger partial charge in [0.1, 0.15) is 5.88 Å². The molecule has 0 fully saturated rings. The van der Waals surface area contributed by atoms with Gasteiger partial charge in [-0.25, -0.2) is 4.79 Å². The van der Waals surface area contributed by atoms with E-state index in [0.717, 1.165) is 0 Å². The molecule has 0 rings (SSSR count). The van der Waals surface area contributed by atoms with E-state index in [1.165, 1.54) is 0 Å². The number of ether oxygens (including phenoxy) is 1. The highest BCUT2D eigenvalue weighted by Crippen LogP contribution is 2.26. The molecule has 0 bridgehead atoms. The van der Waals surface area contributed by atoms with E-state index in [4.69, 9.17) is 0 Å². The third-order valence-corrected chi connectivity index (χ3v) is 1.09. The molecule has 0 spiro atoms. The third-order valence-electron chi connectivity index (χ3n) is 0.629. The minimum Gasteiger partial charge on any atom is -0.394 e. The molecule has 0 radical (unpaired) electrons. The molecular weight excluding hydrogens is 227 g/mol. The summed E-state index contributed by atoms with van der Waals surface area (Å²) in [6.07, 6.45) is -4.13. The number of rotatable bonds is 3. The van der Waals surface area contributed by atoms with Gasteiger partial charge in [0.2, 0.25) is 0 Å². The van der Waals surface area contributed by atoms with Crippen LogP contribution in [0.15, 0.2) is 0 Å². The number of esters is 1. The molecule has 0 aromatic rings. The quantitative estimate of drug-likeness (QED) is 0.421. The van der Waals surface area contributed by atoms with Crippen molar-refractivity contribution in [1.29, 1.82) is 0 Å². The van der Waals surface area contributed by atoms with Gasteiger partial charge < -0.3 is 4.74 Å². The molecule has 0 heterocycles. The topological polar surface area (TPSA) is 26.3 Å². The Morgan fingerprint density at radius 3 is 2.00 bits per heavy atom. The molecule has 72 valence electrons. The number of alkyl halides is 6. The second kappa shape index (κ2) is 3.66. The summed E-state index contributed by atoms with van der Waals surface area (Å²) in [6, 6.07) is 0. The summed E-state index contributed by atoms with van der Waals surface area (Å²) in [5.74, 6) is -3.94. The van der Waals surface area contributed by atoms with Crippen LogP contribution in [0.3, 0.4) is 0 Å². The van der Waals surface area contributed by atoms with Gasteiger partial charge in [-0.2, -0.15) is 17.6 Å². The van der Waals surface area contributed by atoms with Gasteiger partial charge in [-0.05, 0) is 11.6 Å². The van der Waals surface area contributed by atoms with Crippen LogP contribution in [0.2, 0.25) is 0 Å². The lowest BCUT2D eigenvalue weighted by Crippen LogP contribution is -2.34. The molecule has 0 unspecified atom stereocenters. The molecule has 0 amide bonds. The standard InChI is InChI=1S/C4H2Cl2F4O2/c5-1-3(7,8)12-2(11)4(6,9)10/h1H2. The molecule has 0 aliphatic rings. The van der Waals surface area contributed by atoms with Crippen molar-refractivity contribution in [3.63, 3.8) is 0 Å². The van der Waals surface area contributed by atoms with E-state index in [-0.39, 0.29) is 0 Å². The van der Waals surface area contributed by atoms with Crippen LogP contribution < -0.4 is 0 Å². The zero-order chi connectivity index (χ0) is 9.99. The van der Waals surface area contributed by atoms with Crippen molar-refractivity contribution in [1.82, 2.24) is 0 Å². The molecule has 8 heteroatoms. The number of halogens is 6. The van der Waals surface area contributed by atoms with E-state index in [1.807, 2.05) is 0 Å². The fourth-order valence-electron chi connectivity index (χ4n) is 0.221. The molecule has 0 aromatic heterocycles. The number of hydrogen-bond donors (Lipinski definition) is 0. The summed E-state index contributed by atoms with van der Waals surface area (Å²) < 4.78 is 50.3. The maximum absolute atomic E-state index is 12.0. The Kier molecular flexibility index (Phi) is 3.59. The van der Waals surface area contributed by atoms with E-state index < -0.39 is 23.3 Å². The summed E-state index contributed by atoms with van der Waals surface area (Å²) in [5, 5.41) is -4.46. The number of carbonyl (C=O) groups is 1. The van der Waals surface area contributed by atoms with Crippen LogP contribution in [-0.2, 0) is 9.53 Å². The van der Waals surface area contributed by atoms with Crippen LogP contribution in [-0.4, -0.2) is 23.3 Å². The van der Waals surface area contributed by atoms with E-state index in [0.29, 0.717) is 0 Å². The molecule has 12 heavy (non-hydrogen) atoms. The Morgan fingerprint density at radius 1 is 1.33 bits per heavy atom. The SMILES string of the molecule is O=C(OC(F)(F)CCl)C(F)(F)Cl. The van der Waals surface area contributed by atoms with Gasteiger partial charge in [0.25, 0.3) is 0 Å². The molecule has 0 aromatic carbocycles. The summed E-state index contributed by atoms with van der Waals surface area (Å²) >= 11 is 8.63. The normalized spacial score (nSPS) is 12.8. The smallest absolute Gasteiger partial charge is 0.394 e. The average molecular weight is 229 g/mol. The predicted molar refractivity (Wildman–Crippen MR) is 32.6 cm³/mol. The molecule has 0 saturated heterocycles. The highest BCUT2D eigenvalue weighted by Gasteiger charge is 2.44. The minimum absolute atomic E-state index is 1.41. The number of carbonyl (C=O) groups excluding carboxylic acids is 1. The summed E-state index contributed by atoms with van der Waals surface area (Å²) in [7, 11) is 0. The Hall–Kier alpha value is -0.230. The van der Waals surface area contributed by atoms with Crippen molar-refractivity contribution in [2.75, 3.05) is 5.88 Å². The highest BCUT2D eigenvalue weighted by atomic mass is 35.5. The van der Waals surface area contributed by atoms with Crippen LogP contribution in [0, 0.1) is 0 Å². The van der Waals surface area contributed by atoms with Gasteiger partial charge in [-0.3, -0.25) is 0 Å². The van der Waals surface area contributed by atoms with Crippen molar-refractivity contribution < 1.29 is 27.1 Å². The highest BCUT2D eigenvalue weighted by molar-refractivity contribution is 6.31. The van der Waals surface area contributed by atoms with Crippen LogP contribution in [0.1, 0.15) is 0 Å². The van der Waals surface area contributed by atoms with Crippen molar-refractivity contribution in [3.8, 4) is 0 Å². The molecule has 0 aliphatic carbocycles. The van der Waals surface area contributed by atoms with Crippen molar-refractivity contribution in [2.24, 2.45) is 0 Å². The largest absolute Gasteiger partial charge is 0.418 e. The molecule has 0 atom stereocenters. The average Bonchev–Trinajstić information content (AvgIpc) is 1.85. The fourth-order valence-corrected chi connectivity index (χ4v) is 0.314. The van der Waals surface area contributed by atoms with Gasteiger partial charge in [-0.15, -0.1) is 11.6 Å². The first-order valence-electron chi connectivity index (χ1n) is 2.43. The van der Waals surface area contributed by atoms with Crippen LogP contribution in [0.5, 0.6) is 0 Å². The van der Waals surface area contributed by atoms with E-state index in [9.17, 15) is 22.4 Å². The van der Waals surface area contributed by atoms with Crippen molar-refractivity contribution in [3.05, 3.63) is 0 Å². The first-order valence-corrected chi connectivity index (χ1v) is 3.34. The van der Waals surface area contributed by atoms with E-state index >= 15 is 0 Å². The molecular formula is C4H2Cl2F4O2. The Morgan fingerprint density at radius 2 is 1.75 bits per heavy atom. The first-order chi connectivity index (χ1) is 5.19. The number of hydrogen-bond acceptors (Lipinski definition) is 2. The Balaban J connectivity index is 4.20. The first kappa shape index (κ1) is 11.8. The van der Waals surface area contributed by atoms with Gasteiger partial charge in [0.15, 0.2) is 0 Å². The lowest BCUT2D eigenvalue weighted by atomic mass is 10.6. The second-order valence-electron chi connectivity index (χ2n) is 1.66. The van der Waals surface area contributed by atoms with Gasteiger partial charge in [0, 0.05) is 0 Å².